The molecule has 1 aliphatic heterocycles. The summed E-state index contributed by atoms with van der Waals surface area (Å²) in [7, 11) is -0.408. The van der Waals surface area contributed by atoms with Gasteiger partial charge in [0.2, 0.25) is 0 Å². The van der Waals surface area contributed by atoms with E-state index in [9.17, 15) is 0 Å². The van der Waals surface area contributed by atoms with Crippen molar-refractivity contribution in [3.63, 3.8) is 0 Å². The third-order valence-corrected chi connectivity index (χ3v) is 4.01. The molecule has 92 valence electrons. The van der Waals surface area contributed by atoms with Crippen molar-refractivity contribution in [3.05, 3.63) is 12.4 Å². The molecule has 0 spiro atoms. The molecule has 0 amide bonds. The molecule has 17 heavy (non-hydrogen) atoms. The Labute approximate surface area is 107 Å². The van der Waals surface area contributed by atoms with Gasteiger partial charge in [-0.1, -0.05) is 0 Å². The van der Waals surface area contributed by atoms with Crippen LogP contribution in [0.2, 0.25) is 0 Å². The predicted octanol–water partition coefficient (Wildman–Crippen LogP) is 1.50. The van der Waals surface area contributed by atoms with E-state index in [0.717, 1.165) is 10.6 Å². The normalized spacial score (nSPS) is 21.8. The van der Waals surface area contributed by atoms with Crippen LogP contribution < -0.4 is 5.59 Å². The van der Waals surface area contributed by atoms with Gasteiger partial charge in [0.05, 0.1) is 21.8 Å². The van der Waals surface area contributed by atoms with Crippen molar-refractivity contribution in [1.29, 1.82) is 0 Å². The van der Waals surface area contributed by atoms with Crippen molar-refractivity contribution in [2.45, 2.75) is 43.9 Å². The number of thioether (sulfide) groups is 1. The van der Waals surface area contributed by atoms with Gasteiger partial charge in [0, 0.05) is 0 Å². The molecule has 0 aliphatic carbocycles. The second kappa shape index (κ2) is 4.26. The van der Waals surface area contributed by atoms with E-state index in [2.05, 4.69) is 9.97 Å². The molecule has 0 unspecified atom stereocenters. The van der Waals surface area contributed by atoms with Crippen molar-refractivity contribution >= 4 is 24.5 Å². The summed E-state index contributed by atoms with van der Waals surface area (Å²) in [6.45, 7) is 8.13. The molecule has 4 nitrogen and oxygen atoms in total. The minimum absolute atomic E-state index is 0.331. The van der Waals surface area contributed by atoms with E-state index in [4.69, 9.17) is 9.31 Å². The first-order chi connectivity index (χ1) is 7.86. The van der Waals surface area contributed by atoms with Crippen molar-refractivity contribution in [3.8, 4) is 0 Å². The highest BCUT2D eigenvalue weighted by Crippen LogP contribution is 2.36. The second-order valence-electron chi connectivity index (χ2n) is 5.07. The summed E-state index contributed by atoms with van der Waals surface area (Å²) in [5, 5.41) is 0.921. The Kier molecular flexibility index (Phi) is 3.22. The number of aromatic nitrogens is 2. The van der Waals surface area contributed by atoms with Crippen LogP contribution in [0.3, 0.4) is 0 Å². The summed E-state index contributed by atoms with van der Waals surface area (Å²) in [5.41, 5.74) is 0.118. The fourth-order valence-electron chi connectivity index (χ4n) is 1.56. The Morgan fingerprint density at radius 1 is 1.12 bits per heavy atom. The van der Waals surface area contributed by atoms with Gasteiger partial charge < -0.3 is 9.31 Å². The molecule has 0 atom stereocenters. The number of rotatable bonds is 2. The van der Waals surface area contributed by atoms with Crippen molar-refractivity contribution < 1.29 is 9.31 Å². The van der Waals surface area contributed by atoms with E-state index in [-0.39, 0.29) is 11.2 Å². The van der Waals surface area contributed by atoms with Crippen LogP contribution in [0.25, 0.3) is 0 Å². The van der Waals surface area contributed by atoms with Crippen LogP contribution in [0.1, 0.15) is 27.7 Å². The summed E-state index contributed by atoms with van der Waals surface area (Å²) in [6.07, 6.45) is 3.53. The maximum absolute atomic E-state index is 5.93. The lowest BCUT2D eigenvalue weighted by Gasteiger charge is -2.32. The minimum Gasteiger partial charge on any atom is -0.398 e. The van der Waals surface area contributed by atoms with E-state index < -0.39 is 7.12 Å². The van der Waals surface area contributed by atoms with E-state index in [1.54, 1.807) is 18.1 Å². The molecule has 2 rings (SSSR count). The molecule has 1 aromatic rings. The summed E-state index contributed by atoms with van der Waals surface area (Å²) >= 11 is 1.58. The molecule has 0 bridgehead atoms. The first-order valence-electron chi connectivity index (χ1n) is 5.57. The van der Waals surface area contributed by atoms with Crippen LogP contribution in [0.4, 0.5) is 0 Å². The van der Waals surface area contributed by atoms with Crippen LogP contribution >= 0.6 is 11.8 Å². The Hall–Kier alpha value is -0.585. The number of hydrogen-bond acceptors (Lipinski definition) is 5. The summed E-state index contributed by atoms with van der Waals surface area (Å²) < 4.78 is 11.9. The average molecular weight is 252 g/mol. The molecule has 1 aliphatic rings. The first-order valence-corrected chi connectivity index (χ1v) is 6.80. The third kappa shape index (κ3) is 2.34. The Morgan fingerprint density at radius 2 is 1.71 bits per heavy atom. The highest BCUT2D eigenvalue weighted by atomic mass is 32.2. The molecular formula is C11H17BN2O2S. The fourth-order valence-corrected chi connectivity index (χ4v) is 1.95. The van der Waals surface area contributed by atoms with Gasteiger partial charge in [-0.15, -0.1) is 11.8 Å². The van der Waals surface area contributed by atoms with Gasteiger partial charge in [-0.05, 0) is 40.0 Å². The van der Waals surface area contributed by atoms with Gasteiger partial charge in [-0.2, -0.15) is 0 Å². The van der Waals surface area contributed by atoms with E-state index in [1.165, 1.54) is 0 Å². The van der Waals surface area contributed by atoms with Crippen LogP contribution in [0, 0.1) is 0 Å². The third-order valence-electron chi connectivity index (χ3n) is 3.37. The second-order valence-corrected chi connectivity index (χ2v) is 5.90. The molecule has 0 N–H and O–H groups in total. The predicted molar refractivity (Wildman–Crippen MR) is 69.5 cm³/mol. The van der Waals surface area contributed by atoms with Crippen molar-refractivity contribution in [1.82, 2.24) is 9.97 Å². The van der Waals surface area contributed by atoms with Crippen LogP contribution in [0.15, 0.2) is 17.4 Å². The maximum Gasteiger partial charge on any atom is 0.514 e. The largest absolute Gasteiger partial charge is 0.514 e. The van der Waals surface area contributed by atoms with E-state index >= 15 is 0 Å². The van der Waals surface area contributed by atoms with Gasteiger partial charge in [0.1, 0.15) is 6.33 Å². The molecule has 0 aromatic carbocycles. The van der Waals surface area contributed by atoms with E-state index in [1.807, 2.05) is 40.0 Å². The quantitative estimate of drug-likeness (QED) is 0.453. The highest BCUT2D eigenvalue weighted by molar-refractivity contribution is 7.98. The van der Waals surface area contributed by atoms with Crippen molar-refractivity contribution in [2.75, 3.05) is 6.26 Å². The van der Waals surface area contributed by atoms with Crippen LogP contribution in [0.5, 0.6) is 0 Å². The first kappa shape index (κ1) is 12.9. The molecule has 0 radical (unpaired) electrons. The maximum atomic E-state index is 5.93. The molecule has 1 fully saturated rings. The molecule has 6 heteroatoms. The lowest BCUT2D eigenvalue weighted by atomic mass is 9.85. The highest BCUT2D eigenvalue weighted by Gasteiger charge is 2.52. The van der Waals surface area contributed by atoms with Crippen LogP contribution in [-0.2, 0) is 9.31 Å². The Bertz CT molecular complexity index is 410. The average Bonchev–Trinajstić information content (AvgIpc) is 2.48. The van der Waals surface area contributed by atoms with Gasteiger partial charge in [-0.3, -0.25) is 0 Å². The molecule has 1 aromatic heterocycles. The summed E-state index contributed by atoms with van der Waals surface area (Å²) in [4.78, 5) is 8.37. The lowest BCUT2D eigenvalue weighted by molar-refractivity contribution is 0.00578. The Morgan fingerprint density at radius 3 is 2.24 bits per heavy atom. The summed E-state index contributed by atoms with van der Waals surface area (Å²) in [6, 6.07) is 1.91. The smallest absolute Gasteiger partial charge is 0.398 e. The zero-order valence-electron chi connectivity index (χ0n) is 10.9. The molecule has 0 saturated carbocycles. The van der Waals surface area contributed by atoms with Crippen molar-refractivity contribution in [2.24, 2.45) is 0 Å². The lowest BCUT2D eigenvalue weighted by Crippen LogP contribution is -2.41. The molecule has 2 heterocycles. The minimum atomic E-state index is -0.408. The monoisotopic (exact) mass is 252 g/mol. The number of hydrogen-bond donors (Lipinski definition) is 0. The summed E-state index contributed by atoms with van der Waals surface area (Å²) in [5.74, 6) is 0. The zero-order valence-corrected chi connectivity index (χ0v) is 11.7. The zero-order chi connectivity index (χ0) is 12.7. The standard InChI is InChI=1S/C11H17BN2O2S/c1-10(2)11(3,4)16-12(15-10)8-6-9(17-5)14-7-13-8/h6-7H,1-5H3. The Balaban J connectivity index is 2.25. The molecule has 1 saturated heterocycles. The number of nitrogens with zero attached hydrogens (tertiary/aromatic N) is 2. The SMILES string of the molecule is CSc1cc(B2OC(C)(C)C(C)(C)O2)ncn1. The van der Waals surface area contributed by atoms with Gasteiger partial charge in [-0.25, -0.2) is 9.97 Å². The van der Waals surface area contributed by atoms with Gasteiger partial charge in [0.25, 0.3) is 0 Å². The topological polar surface area (TPSA) is 44.2 Å². The fraction of sp³-hybridized carbons (Fsp3) is 0.636. The van der Waals surface area contributed by atoms with Crippen LogP contribution in [-0.4, -0.2) is 34.5 Å². The van der Waals surface area contributed by atoms with Gasteiger partial charge >= 0.3 is 7.12 Å². The molecular weight excluding hydrogens is 235 g/mol. The van der Waals surface area contributed by atoms with Gasteiger partial charge in [0.15, 0.2) is 0 Å². The van der Waals surface area contributed by atoms with E-state index in [0.29, 0.717) is 0 Å².